The minimum atomic E-state index is -0.171. The molecule has 0 amide bonds. The Bertz CT molecular complexity index is 302. The molecule has 1 aliphatic rings. The molecule has 0 N–H and O–H groups in total. The summed E-state index contributed by atoms with van der Waals surface area (Å²) < 4.78 is 12.7. The van der Waals surface area contributed by atoms with Gasteiger partial charge in [-0.25, -0.2) is 4.39 Å². The van der Waals surface area contributed by atoms with Crippen molar-refractivity contribution in [3.63, 3.8) is 0 Å². The summed E-state index contributed by atoms with van der Waals surface area (Å²) in [5.74, 6) is -0.171. The van der Waals surface area contributed by atoms with Crippen LogP contribution >= 0.6 is 0 Å². The average Bonchev–Trinajstić information content (AvgIpc) is 2.30. The highest BCUT2D eigenvalue weighted by Crippen LogP contribution is 2.16. The molecule has 1 fully saturated rings. The molecule has 1 saturated heterocycles. The molecule has 0 unspecified atom stereocenters. The quantitative estimate of drug-likeness (QED) is 0.729. The van der Waals surface area contributed by atoms with Crippen LogP contribution in [0.1, 0.15) is 0 Å². The van der Waals surface area contributed by atoms with E-state index in [9.17, 15) is 4.39 Å². The van der Waals surface area contributed by atoms with Crippen molar-refractivity contribution in [2.45, 2.75) is 0 Å². The van der Waals surface area contributed by atoms with Gasteiger partial charge < -0.3 is 4.90 Å². The first-order valence-electron chi connectivity index (χ1n) is 5.32. The van der Waals surface area contributed by atoms with Crippen molar-refractivity contribution in [3.8, 4) is 0 Å². The first-order valence-corrected chi connectivity index (χ1v) is 5.32. The Balaban J connectivity index is 1.98. The molecule has 1 heterocycles. The summed E-state index contributed by atoms with van der Waals surface area (Å²) in [6, 6.07) is 6.72. The lowest BCUT2D eigenvalue weighted by molar-refractivity contribution is 0.283. The number of anilines is 1. The maximum atomic E-state index is 12.7. The lowest BCUT2D eigenvalue weighted by Gasteiger charge is -2.35. The summed E-state index contributed by atoms with van der Waals surface area (Å²) in [5.41, 5.74) is 1.11. The Morgan fingerprint density at radius 3 is 2.20 bits per heavy atom. The molecule has 0 aromatic heterocycles. The number of hydrogen-bond donors (Lipinski definition) is 0. The molecule has 15 heavy (non-hydrogen) atoms. The van der Waals surface area contributed by atoms with Crippen molar-refractivity contribution < 1.29 is 4.39 Å². The molecule has 2 rings (SSSR count). The van der Waals surface area contributed by atoms with Crippen molar-refractivity contribution >= 4 is 5.69 Å². The van der Waals surface area contributed by atoms with Gasteiger partial charge in [0.2, 0.25) is 0 Å². The highest BCUT2D eigenvalue weighted by atomic mass is 19.1. The number of benzene rings is 1. The van der Waals surface area contributed by atoms with E-state index in [4.69, 9.17) is 0 Å². The number of halogens is 1. The minimum absolute atomic E-state index is 0.171. The van der Waals surface area contributed by atoms with E-state index in [1.807, 2.05) is 12.1 Å². The summed E-state index contributed by atoms with van der Waals surface area (Å²) in [6.45, 7) is 8.84. The maximum Gasteiger partial charge on any atom is 0.123 e. The second-order valence-electron chi connectivity index (χ2n) is 3.81. The number of rotatable bonds is 2. The SMILES string of the molecule is [CH2]CN1CCN(c2ccc(F)cc2)CC1. The standard InChI is InChI=1S/C12H16FN2/c1-2-14-7-9-15(10-8-14)12-5-3-11(13)4-6-12/h3-6H,1-2,7-10H2. The molecular formula is C12H16FN2. The Labute approximate surface area is 90.3 Å². The molecule has 1 aromatic carbocycles. The van der Waals surface area contributed by atoms with Crippen LogP contribution in [0, 0.1) is 12.7 Å². The van der Waals surface area contributed by atoms with Gasteiger partial charge in [0, 0.05) is 31.9 Å². The van der Waals surface area contributed by atoms with E-state index in [1.165, 1.54) is 12.1 Å². The van der Waals surface area contributed by atoms with Gasteiger partial charge in [0.1, 0.15) is 5.82 Å². The van der Waals surface area contributed by atoms with Gasteiger partial charge in [-0.1, -0.05) is 0 Å². The molecule has 0 aliphatic carbocycles. The summed E-state index contributed by atoms with van der Waals surface area (Å²) in [4.78, 5) is 4.60. The highest BCUT2D eigenvalue weighted by molar-refractivity contribution is 5.46. The van der Waals surface area contributed by atoms with E-state index in [0.717, 1.165) is 38.4 Å². The fourth-order valence-corrected chi connectivity index (χ4v) is 1.88. The molecule has 3 heteroatoms. The van der Waals surface area contributed by atoms with Gasteiger partial charge in [0.05, 0.1) is 0 Å². The van der Waals surface area contributed by atoms with Crippen LogP contribution in [0.3, 0.4) is 0 Å². The van der Waals surface area contributed by atoms with Gasteiger partial charge in [-0.15, -0.1) is 0 Å². The average molecular weight is 207 g/mol. The Morgan fingerprint density at radius 2 is 1.67 bits per heavy atom. The molecule has 81 valence electrons. The largest absolute Gasteiger partial charge is 0.369 e. The fourth-order valence-electron chi connectivity index (χ4n) is 1.88. The third kappa shape index (κ3) is 2.48. The third-order valence-corrected chi connectivity index (χ3v) is 2.88. The monoisotopic (exact) mass is 207 g/mol. The van der Waals surface area contributed by atoms with Crippen LogP contribution in [0.4, 0.5) is 10.1 Å². The van der Waals surface area contributed by atoms with Crippen molar-refractivity contribution in [1.29, 1.82) is 0 Å². The molecule has 1 aliphatic heterocycles. The van der Waals surface area contributed by atoms with Gasteiger partial charge in [-0.05, 0) is 37.7 Å². The normalized spacial score (nSPS) is 18.1. The predicted octanol–water partition coefficient (Wildman–Crippen LogP) is 1.78. The Hall–Kier alpha value is -1.09. The summed E-state index contributed by atoms with van der Waals surface area (Å²) in [6.07, 6.45) is 0. The lowest BCUT2D eigenvalue weighted by Crippen LogP contribution is -2.46. The number of piperazine rings is 1. The van der Waals surface area contributed by atoms with E-state index in [2.05, 4.69) is 16.7 Å². The first-order chi connectivity index (χ1) is 7.29. The smallest absolute Gasteiger partial charge is 0.123 e. The van der Waals surface area contributed by atoms with E-state index in [1.54, 1.807) is 0 Å². The van der Waals surface area contributed by atoms with Crippen LogP contribution < -0.4 is 4.90 Å². The fraction of sp³-hybridized carbons (Fsp3) is 0.417. The molecule has 1 aromatic rings. The maximum absolute atomic E-state index is 12.7. The predicted molar refractivity (Wildman–Crippen MR) is 60.4 cm³/mol. The summed E-state index contributed by atoms with van der Waals surface area (Å²) in [5, 5.41) is 0. The second-order valence-corrected chi connectivity index (χ2v) is 3.81. The van der Waals surface area contributed by atoms with Gasteiger partial charge in [0.15, 0.2) is 0 Å². The van der Waals surface area contributed by atoms with Crippen LogP contribution in [0.5, 0.6) is 0 Å². The van der Waals surface area contributed by atoms with Crippen LogP contribution in [0.2, 0.25) is 0 Å². The summed E-state index contributed by atoms with van der Waals surface area (Å²) >= 11 is 0. The zero-order valence-corrected chi connectivity index (χ0v) is 8.82. The van der Waals surface area contributed by atoms with Crippen molar-refractivity contribution in [1.82, 2.24) is 4.90 Å². The van der Waals surface area contributed by atoms with Crippen LogP contribution in [-0.4, -0.2) is 37.6 Å². The van der Waals surface area contributed by atoms with E-state index in [0.29, 0.717) is 0 Å². The number of nitrogens with zero attached hydrogens (tertiary/aromatic N) is 2. The van der Waals surface area contributed by atoms with Crippen molar-refractivity contribution in [2.75, 3.05) is 37.6 Å². The van der Waals surface area contributed by atoms with Crippen LogP contribution in [0.25, 0.3) is 0 Å². The zero-order valence-electron chi connectivity index (χ0n) is 8.82. The molecule has 0 saturated carbocycles. The lowest BCUT2D eigenvalue weighted by atomic mass is 10.2. The minimum Gasteiger partial charge on any atom is -0.369 e. The molecule has 0 spiro atoms. The summed E-state index contributed by atoms with van der Waals surface area (Å²) in [7, 11) is 0. The number of hydrogen-bond acceptors (Lipinski definition) is 2. The molecule has 2 nitrogen and oxygen atoms in total. The Kier molecular flexibility index (Phi) is 3.21. The first kappa shape index (κ1) is 10.4. The Morgan fingerprint density at radius 1 is 1.07 bits per heavy atom. The zero-order chi connectivity index (χ0) is 10.7. The second kappa shape index (κ2) is 4.62. The highest BCUT2D eigenvalue weighted by Gasteiger charge is 2.15. The van der Waals surface area contributed by atoms with Gasteiger partial charge in [-0.2, -0.15) is 0 Å². The van der Waals surface area contributed by atoms with Crippen molar-refractivity contribution in [3.05, 3.63) is 37.0 Å². The van der Waals surface area contributed by atoms with E-state index in [-0.39, 0.29) is 5.82 Å². The van der Waals surface area contributed by atoms with Gasteiger partial charge in [-0.3, -0.25) is 4.90 Å². The van der Waals surface area contributed by atoms with E-state index >= 15 is 0 Å². The van der Waals surface area contributed by atoms with Crippen LogP contribution in [-0.2, 0) is 0 Å². The van der Waals surface area contributed by atoms with Crippen LogP contribution in [0.15, 0.2) is 24.3 Å². The third-order valence-electron chi connectivity index (χ3n) is 2.88. The van der Waals surface area contributed by atoms with Gasteiger partial charge in [0.25, 0.3) is 0 Å². The van der Waals surface area contributed by atoms with Crippen molar-refractivity contribution in [2.24, 2.45) is 0 Å². The van der Waals surface area contributed by atoms with E-state index < -0.39 is 0 Å². The molecule has 0 bridgehead atoms. The molecular weight excluding hydrogens is 191 g/mol. The topological polar surface area (TPSA) is 6.48 Å². The van der Waals surface area contributed by atoms with Gasteiger partial charge >= 0.3 is 0 Å². The molecule has 1 radical (unpaired) electrons. The molecule has 0 atom stereocenters.